The molecular formula is C11H19NO3. The Hall–Kier alpha value is -0.610. The van der Waals surface area contributed by atoms with Crippen LogP contribution in [0.5, 0.6) is 0 Å². The fourth-order valence-corrected chi connectivity index (χ4v) is 2.10. The Labute approximate surface area is 90.0 Å². The zero-order chi connectivity index (χ0) is 10.7. The van der Waals surface area contributed by atoms with Crippen LogP contribution in [0.3, 0.4) is 0 Å². The Morgan fingerprint density at radius 1 is 1.47 bits per heavy atom. The van der Waals surface area contributed by atoms with Crippen LogP contribution >= 0.6 is 0 Å². The first-order valence-corrected chi connectivity index (χ1v) is 5.84. The van der Waals surface area contributed by atoms with Gasteiger partial charge in [0.05, 0.1) is 12.7 Å². The van der Waals surface area contributed by atoms with Gasteiger partial charge in [0.25, 0.3) is 0 Å². The van der Waals surface area contributed by atoms with Crippen molar-refractivity contribution in [2.24, 2.45) is 5.92 Å². The Morgan fingerprint density at radius 3 is 2.80 bits per heavy atom. The number of hydrogen-bond donors (Lipinski definition) is 2. The van der Waals surface area contributed by atoms with Gasteiger partial charge in [0.15, 0.2) is 0 Å². The van der Waals surface area contributed by atoms with Crippen LogP contribution in [0.1, 0.15) is 32.1 Å². The Morgan fingerprint density at radius 2 is 2.27 bits per heavy atom. The summed E-state index contributed by atoms with van der Waals surface area (Å²) in [6, 6.07) is -0.290. The monoisotopic (exact) mass is 213 g/mol. The van der Waals surface area contributed by atoms with Gasteiger partial charge in [-0.25, -0.2) is 0 Å². The quantitative estimate of drug-likeness (QED) is 0.665. The van der Waals surface area contributed by atoms with E-state index in [9.17, 15) is 9.90 Å². The zero-order valence-corrected chi connectivity index (χ0v) is 8.95. The first-order valence-electron chi connectivity index (χ1n) is 5.84. The second-order valence-corrected chi connectivity index (χ2v) is 4.60. The van der Waals surface area contributed by atoms with Gasteiger partial charge in [0.1, 0.15) is 6.04 Å². The third-order valence-electron chi connectivity index (χ3n) is 3.39. The molecule has 0 aromatic heterocycles. The summed E-state index contributed by atoms with van der Waals surface area (Å²) < 4.78 is 5.17. The lowest BCUT2D eigenvalue weighted by Gasteiger charge is -2.25. The fourth-order valence-electron chi connectivity index (χ4n) is 2.10. The highest BCUT2D eigenvalue weighted by atomic mass is 16.5. The molecule has 1 saturated carbocycles. The van der Waals surface area contributed by atoms with Crippen LogP contribution in [-0.4, -0.2) is 36.4 Å². The van der Waals surface area contributed by atoms with Gasteiger partial charge < -0.3 is 15.2 Å². The lowest BCUT2D eigenvalue weighted by atomic mass is 9.83. The summed E-state index contributed by atoms with van der Waals surface area (Å²) in [7, 11) is 0. The van der Waals surface area contributed by atoms with Gasteiger partial charge in [-0.15, -0.1) is 0 Å². The summed E-state index contributed by atoms with van der Waals surface area (Å²) in [5, 5.41) is 12.2. The van der Waals surface area contributed by atoms with Crippen molar-refractivity contribution in [3.63, 3.8) is 0 Å². The SMILES string of the molecule is O=C(OCCC1CCC1)[C@H]1C[C@@H](O)CN1. The zero-order valence-electron chi connectivity index (χ0n) is 8.95. The molecule has 0 aromatic carbocycles. The largest absolute Gasteiger partial charge is 0.465 e. The Bertz CT molecular complexity index is 228. The molecule has 0 spiro atoms. The Balaban J connectivity index is 1.59. The second-order valence-electron chi connectivity index (χ2n) is 4.60. The van der Waals surface area contributed by atoms with Crippen molar-refractivity contribution in [3.8, 4) is 0 Å². The summed E-state index contributed by atoms with van der Waals surface area (Å²) in [5.74, 6) is 0.575. The predicted octanol–water partition coefficient (Wildman–Crippen LogP) is 0.443. The highest BCUT2D eigenvalue weighted by Crippen LogP contribution is 2.29. The van der Waals surface area contributed by atoms with Gasteiger partial charge in [-0.3, -0.25) is 4.79 Å². The van der Waals surface area contributed by atoms with Crippen molar-refractivity contribution in [3.05, 3.63) is 0 Å². The molecular weight excluding hydrogens is 194 g/mol. The molecule has 86 valence electrons. The minimum atomic E-state index is -0.394. The smallest absolute Gasteiger partial charge is 0.323 e. The number of nitrogens with one attached hydrogen (secondary N) is 1. The highest BCUT2D eigenvalue weighted by Gasteiger charge is 2.29. The number of ether oxygens (including phenoxy) is 1. The lowest BCUT2D eigenvalue weighted by molar-refractivity contribution is -0.146. The maximum absolute atomic E-state index is 11.5. The molecule has 0 aromatic rings. The fraction of sp³-hybridized carbons (Fsp3) is 0.909. The molecule has 1 aliphatic heterocycles. The minimum Gasteiger partial charge on any atom is -0.465 e. The van der Waals surface area contributed by atoms with E-state index in [1.807, 2.05) is 0 Å². The number of aliphatic hydroxyl groups is 1. The standard InChI is InChI=1S/C11H19NO3/c13-9-6-10(12-7-9)11(14)15-5-4-8-2-1-3-8/h8-10,12-13H,1-7H2/t9-,10-/m1/s1. The molecule has 1 aliphatic carbocycles. The molecule has 4 nitrogen and oxygen atoms in total. The topological polar surface area (TPSA) is 58.6 Å². The normalized spacial score (nSPS) is 31.3. The van der Waals surface area contributed by atoms with Crippen LogP contribution in [-0.2, 0) is 9.53 Å². The van der Waals surface area contributed by atoms with E-state index in [2.05, 4.69) is 5.32 Å². The number of aliphatic hydroxyl groups excluding tert-OH is 1. The highest BCUT2D eigenvalue weighted by molar-refractivity contribution is 5.76. The van der Waals surface area contributed by atoms with Gasteiger partial charge in [0.2, 0.25) is 0 Å². The summed E-state index contributed by atoms with van der Waals surface area (Å²) in [4.78, 5) is 11.5. The molecule has 0 amide bonds. The average molecular weight is 213 g/mol. The summed E-state index contributed by atoms with van der Waals surface area (Å²) in [6.45, 7) is 1.04. The van der Waals surface area contributed by atoms with Crippen molar-refractivity contribution in [2.75, 3.05) is 13.2 Å². The summed E-state index contributed by atoms with van der Waals surface area (Å²) in [6.07, 6.45) is 5.00. The molecule has 2 aliphatic rings. The molecule has 4 heteroatoms. The molecule has 2 fully saturated rings. The lowest BCUT2D eigenvalue weighted by Crippen LogP contribution is -2.32. The summed E-state index contributed by atoms with van der Waals surface area (Å²) >= 11 is 0. The molecule has 0 unspecified atom stereocenters. The second kappa shape index (κ2) is 4.94. The molecule has 0 radical (unpaired) electrons. The van der Waals surface area contributed by atoms with Gasteiger partial charge in [-0.2, -0.15) is 0 Å². The maximum atomic E-state index is 11.5. The van der Waals surface area contributed by atoms with E-state index in [0.29, 0.717) is 19.6 Å². The Kier molecular flexibility index (Phi) is 3.59. The first-order chi connectivity index (χ1) is 7.25. The molecule has 0 bridgehead atoms. The third-order valence-corrected chi connectivity index (χ3v) is 3.39. The number of rotatable bonds is 4. The van der Waals surface area contributed by atoms with Crippen LogP contribution in [0.4, 0.5) is 0 Å². The molecule has 2 rings (SSSR count). The van der Waals surface area contributed by atoms with Crippen molar-refractivity contribution in [1.29, 1.82) is 0 Å². The number of hydrogen-bond acceptors (Lipinski definition) is 4. The average Bonchev–Trinajstić information content (AvgIpc) is 2.56. The first kappa shape index (κ1) is 10.9. The van der Waals surface area contributed by atoms with E-state index in [0.717, 1.165) is 12.3 Å². The minimum absolute atomic E-state index is 0.203. The van der Waals surface area contributed by atoms with E-state index in [1.165, 1.54) is 19.3 Å². The van der Waals surface area contributed by atoms with Crippen LogP contribution < -0.4 is 5.32 Å². The van der Waals surface area contributed by atoms with Crippen LogP contribution in [0, 0.1) is 5.92 Å². The predicted molar refractivity (Wildman–Crippen MR) is 55.3 cm³/mol. The maximum Gasteiger partial charge on any atom is 0.323 e. The number of esters is 1. The van der Waals surface area contributed by atoms with E-state index in [-0.39, 0.29) is 12.0 Å². The van der Waals surface area contributed by atoms with Gasteiger partial charge >= 0.3 is 5.97 Å². The number of β-amino-alcohol motifs (C(OH)–C–C–N with tert-alkyl or cyclic N) is 1. The molecule has 1 heterocycles. The van der Waals surface area contributed by atoms with Gasteiger partial charge in [-0.05, 0) is 12.3 Å². The van der Waals surface area contributed by atoms with E-state index in [4.69, 9.17) is 4.74 Å². The van der Waals surface area contributed by atoms with E-state index < -0.39 is 6.10 Å². The van der Waals surface area contributed by atoms with Crippen molar-refractivity contribution in [2.45, 2.75) is 44.2 Å². The molecule has 1 saturated heterocycles. The third kappa shape index (κ3) is 2.92. The molecule has 15 heavy (non-hydrogen) atoms. The number of carbonyl (C=O) groups is 1. The number of carbonyl (C=O) groups excluding carboxylic acids is 1. The van der Waals surface area contributed by atoms with Crippen molar-refractivity contribution >= 4 is 5.97 Å². The van der Waals surface area contributed by atoms with Gasteiger partial charge in [-0.1, -0.05) is 19.3 Å². The van der Waals surface area contributed by atoms with E-state index in [1.54, 1.807) is 0 Å². The van der Waals surface area contributed by atoms with Crippen molar-refractivity contribution < 1.29 is 14.6 Å². The van der Waals surface area contributed by atoms with Crippen molar-refractivity contribution in [1.82, 2.24) is 5.32 Å². The van der Waals surface area contributed by atoms with Crippen LogP contribution in [0.2, 0.25) is 0 Å². The van der Waals surface area contributed by atoms with Crippen LogP contribution in [0.15, 0.2) is 0 Å². The molecule has 2 atom stereocenters. The van der Waals surface area contributed by atoms with E-state index >= 15 is 0 Å². The van der Waals surface area contributed by atoms with Crippen LogP contribution in [0.25, 0.3) is 0 Å². The molecule has 2 N–H and O–H groups in total. The summed E-state index contributed by atoms with van der Waals surface area (Å²) in [5.41, 5.74) is 0. The van der Waals surface area contributed by atoms with Gasteiger partial charge in [0, 0.05) is 13.0 Å².